The Morgan fingerprint density at radius 2 is 1.73 bits per heavy atom. The van der Waals surface area contributed by atoms with Crippen molar-refractivity contribution in [2.24, 2.45) is 0 Å². The van der Waals surface area contributed by atoms with Gasteiger partial charge < -0.3 is 9.47 Å². The van der Waals surface area contributed by atoms with Gasteiger partial charge in [-0.15, -0.1) is 0 Å². The van der Waals surface area contributed by atoms with E-state index in [1.54, 1.807) is 0 Å². The molecule has 2 aromatic rings. The molecule has 6 heteroatoms. The third-order valence-electron chi connectivity index (χ3n) is 5.02. The molecule has 0 unspecified atom stereocenters. The summed E-state index contributed by atoms with van der Waals surface area (Å²) in [6, 6.07) is 10.2. The Labute approximate surface area is 154 Å². The highest BCUT2D eigenvalue weighted by atomic mass is 16.5. The van der Waals surface area contributed by atoms with Gasteiger partial charge in [0, 0.05) is 57.9 Å². The van der Waals surface area contributed by atoms with Crippen molar-refractivity contribution in [1.82, 2.24) is 19.8 Å². The molecular formula is C20H26N4O2. The van der Waals surface area contributed by atoms with Crippen LogP contribution in [0.1, 0.15) is 11.3 Å². The first-order chi connectivity index (χ1) is 12.8. The van der Waals surface area contributed by atoms with Crippen LogP contribution >= 0.6 is 0 Å². The number of pyridine rings is 2. The maximum atomic E-state index is 6.28. The van der Waals surface area contributed by atoms with E-state index in [9.17, 15) is 0 Å². The summed E-state index contributed by atoms with van der Waals surface area (Å²) >= 11 is 0. The van der Waals surface area contributed by atoms with Gasteiger partial charge in [0.15, 0.2) is 0 Å². The average Bonchev–Trinajstić information content (AvgIpc) is 2.85. The molecule has 2 fully saturated rings. The fourth-order valence-electron chi connectivity index (χ4n) is 3.83. The van der Waals surface area contributed by atoms with Crippen molar-refractivity contribution in [3.05, 3.63) is 60.2 Å². The lowest BCUT2D eigenvalue weighted by Gasteiger charge is -2.43. The summed E-state index contributed by atoms with van der Waals surface area (Å²) in [5.41, 5.74) is 2.11. The van der Waals surface area contributed by atoms with Crippen LogP contribution in [-0.2, 0) is 22.6 Å². The predicted octanol–water partition coefficient (Wildman–Crippen LogP) is 1.58. The molecule has 0 aromatic carbocycles. The van der Waals surface area contributed by atoms with Gasteiger partial charge in [-0.1, -0.05) is 6.07 Å². The van der Waals surface area contributed by atoms with Crippen molar-refractivity contribution in [2.75, 3.05) is 46.0 Å². The van der Waals surface area contributed by atoms with Gasteiger partial charge in [0.25, 0.3) is 0 Å². The van der Waals surface area contributed by atoms with Crippen LogP contribution < -0.4 is 0 Å². The third-order valence-corrected chi connectivity index (χ3v) is 5.02. The molecule has 0 radical (unpaired) electrons. The van der Waals surface area contributed by atoms with Crippen molar-refractivity contribution in [3.8, 4) is 0 Å². The monoisotopic (exact) mass is 354 g/mol. The molecule has 26 heavy (non-hydrogen) atoms. The van der Waals surface area contributed by atoms with Gasteiger partial charge in [-0.25, -0.2) is 0 Å². The molecule has 6 nitrogen and oxygen atoms in total. The molecule has 2 aromatic heterocycles. The number of morpholine rings is 1. The molecule has 1 atom stereocenters. The number of ether oxygens (including phenoxy) is 2. The lowest BCUT2D eigenvalue weighted by atomic mass is 10.0. The molecule has 1 spiro atoms. The van der Waals surface area contributed by atoms with E-state index in [1.165, 1.54) is 5.56 Å². The quantitative estimate of drug-likeness (QED) is 0.831. The number of hydrogen-bond donors (Lipinski definition) is 0. The van der Waals surface area contributed by atoms with Crippen LogP contribution in [0.25, 0.3) is 0 Å². The molecule has 4 rings (SSSR count). The second-order valence-electron chi connectivity index (χ2n) is 7.18. The number of hydrogen-bond acceptors (Lipinski definition) is 6. The van der Waals surface area contributed by atoms with Crippen LogP contribution in [0.15, 0.2) is 48.9 Å². The smallest absolute Gasteiger partial charge is 0.117 e. The van der Waals surface area contributed by atoms with Crippen molar-refractivity contribution in [1.29, 1.82) is 0 Å². The summed E-state index contributed by atoms with van der Waals surface area (Å²) in [5.74, 6) is 0. The summed E-state index contributed by atoms with van der Waals surface area (Å²) in [6.45, 7) is 7.50. The minimum absolute atomic E-state index is 0.267. The molecule has 138 valence electrons. The van der Waals surface area contributed by atoms with E-state index in [1.807, 2.05) is 30.7 Å². The molecular weight excluding hydrogens is 328 g/mol. The Hall–Kier alpha value is -1.86. The lowest BCUT2D eigenvalue weighted by molar-refractivity contribution is -0.143. The zero-order valence-corrected chi connectivity index (χ0v) is 15.1. The normalized spacial score (nSPS) is 25.2. The van der Waals surface area contributed by atoms with Crippen LogP contribution in [0.5, 0.6) is 0 Å². The molecule has 0 amide bonds. The number of aromatic nitrogens is 2. The molecule has 4 heterocycles. The van der Waals surface area contributed by atoms with E-state index < -0.39 is 0 Å². The topological polar surface area (TPSA) is 50.7 Å². The highest BCUT2D eigenvalue weighted by molar-refractivity contribution is 5.10. The molecule has 2 saturated heterocycles. The minimum atomic E-state index is -0.267. The summed E-state index contributed by atoms with van der Waals surface area (Å²) in [7, 11) is 0. The van der Waals surface area contributed by atoms with Crippen LogP contribution in [0, 0.1) is 0 Å². The van der Waals surface area contributed by atoms with E-state index in [0.717, 1.165) is 58.2 Å². The van der Waals surface area contributed by atoms with E-state index in [0.29, 0.717) is 6.61 Å². The average molecular weight is 354 g/mol. The zero-order chi connectivity index (χ0) is 17.7. The van der Waals surface area contributed by atoms with Gasteiger partial charge in [0.2, 0.25) is 0 Å². The largest absolute Gasteiger partial charge is 0.377 e. The van der Waals surface area contributed by atoms with Crippen LogP contribution in [0.2, 0.25) is 0 Å². The molecule has 0 saturated carbocycles. The first-order valence-electron chi connectivity index (χ1n) is 9.27. The lowest BCUT2D eigenvalue weighted by Crippen LogP contribution is -2.58. The van der Waals surface area contributed by atoms with E-state index in [-0.39, 0.29) is 5.60 Å². The standard InChI is InChI=1S/C20H26N4O2/c1-2-6-22-19(3-1)14-24-10-12-26-20(16-24)15-23(9-11-25-17-20)13-18-4-7-21-8-5-18/h1-8H,9-17H2/t20-/m0/s1. The van der Waals surface area contributed by atoms with Gasteiger partial charge in [-0.05, 0) is 29.8 Å². The number of rotatable bonds is 4. The second kappa shape index (κ2) is 8.22. The third kappa shape index (κ3) is 4.45. The zero-order valence-electron chi connectivity index (χ0n) is 15.1. The van der Waals surface area contributed by atoms with E-state index >= 15 is 0 Å². The van der Waals surface area contributed by atoms with Gasteiger partial charge >= 0.3 is 0 Å². The maximum Gasteiger partial charge on any atom is 0.117 e. The number of nitrogens with zero attached hydrogens (tertiary/aromatic N) is 4. The Bertz CT molecular complexity index is 685. The molecule has 0 bridgehead atoms. The van der Waals surface area contributed by atoms with Crippen LogP contribution in [-0.4, -0.2) is 71.4 Å². The first kappa shape index (κ1) is 17.5. The fourth-order valence-corrected chi connectivity index (χ4v) is 3.83. The Kier molecular flexibility index (Phi) is 5.55. The SMILES string of the molecule is c1ccc(CN2CCO[C@]3(COCCN(Cc4ccncc4)C3)C2)nc1. The molecule has 2 aliphatic rings. The van der Waals surface area contributed by atoms with Crippen LogP contribution in [0.4, 0.5) is 0 Å². The van der Waals surface area contributed by atoms with Crippen molar-refractivity contribution < 1.29 is 9.47 Å². The van der Waals surface area contributed by atoms with Gasteiger partial charge in [-0.2, -0.15) is 0 Å². The highest BCUT2D eigenvalue weighted by Crippen LogP contribution is 2.24. The summed E-state index contributed by atoms with van der Waals surface area (Å²) < 4.78 is 12.2. The van der Waals surface area contributed by atoms with Gasteiger partial charge in [-0.3, -0.25) is 19.8 Å². The Balaban J connectivity index is 1.43. The predicted molar refractivity (Wildman–Crippen MR) is 98.5 cm³/mol. The van der Waals surface area contributed by atoms with Gasteiger partial charge in [0.05, 0.1) is 25.5 Å². The van der Waals surface area contributed by atoms with Gasteiger partial charge in [0.1, 0.15) is 5.60 Å². The Morgan fingerprint density at radius 3 is 2.54 bits per heavy atom. The molecule has 0 N–H and O–H groups in total. The maximum absolute atomic E-state index is 6.28. The second-order valence-corrected chi connectivity index (χ2v) is 7.18. The summed E-state index contributed by atoms with van der Waals surface area (Å²) in [6.07, 6.45) is 5.56. The highest BCUT2D eigenvalue weighted by Gasteiger charge is 2.40. The minimum Gasteiger partial charge on any atom is -0.377 e. The summed E-state index contributed by atoms with van der Waals surface area (Å²) in [5, 5.41) is 0. The van der Waals surface area contributed by atoms with Crippen LogP contribution in [0.3, 0.4) is 0 Å². The molecule has 0 aliphatic carbocycles. The fraction of sp³-hybridized carbons (Fsp3) is 0.500. The van der Waals surface area contributed by atoms with E-state index in [4.69, 9.17) is 9.47 Å². The summed E-state index contributed by atoms with van der Waals surface area (Å²) in [4.78, 5) is 13.4. The first-order valence-corrected chi connectivity index (χ1v) is 9.27. The Morgan fingerprint density at radius 1 is 0.923 bits per heavy atom. The molecule has 2 aliphatic heterocycles. The van der Waals surface area contributed by atoms with Crippen molar-refractivity contribution >= 4 is 0 Å². The van der Waals surface area contributed by atoms with Crippen molar-refractivity contribution in [2.45, 2.75) is 18.7 Å². The van der Waals surface area contributed by atoms with Crippen molar-refractivity contribution in [3.63, 3.8) is 0 Å². The van der Waals surface area contributed by atoms with E-state index in [2.05, 4.69) is 38.0 Å².